The third-order valence-corrected chi connectivity index (χ3v) is 6.32. The first kappa shape index (κ1) is 19.6. The Labute approximate surface area is 182 Å². The van der Waals surface area contributed by atoms with Crippen LogP contribution >= 0.6 is 0 Å². The standard InChI is InChI=1S/C24H26N6O/c1-15-4-7-21(27-12-15)29-19-11-17-5-6-20(19)30(14-17)24(31)22-18(10-16(2)13-28-22)23-25-8-3-9-26-23/h3-4,7-10,12-13,17,19-20H,5-6,11,14H2,1-2H3,(H,27,29)/t17-,19+,20-/m0/s1. The lowest BCUT2D eigenvalue weighted by Gasteiger charge is -2.50. The van der Waals surface area contributed by atoms with Gasteiger partial charge in [0.25, 0.3) is 5.91 Å². The van der Waals surface area contributed by atoms with Crippen LogP contribution in [0.5, 0.6) is 0 Å². The van der Waals surface area contributed by atoms with Gasteiger partial charge in [-0.05, 0) is 68.4 Å². The monoisotopic (exact) mass is 414 g/mol. The molecule has 6 rings (SSSR count). The number of piperidine rings is 2. The number of nitrogens with one attached hydrogen (secondary N) is 1. The van der Waals surface area contributed by atoms with Gasteiger partial charge < -0.3 is 10.2 Å². The van der Waals surface area contributed by atoms with E-state index in [1.807, 2.05) is 37.1 Å². The molecule has 2 bridgehead atoms. The Kier molecular flexibility index (Phi) is 5.10. The maximum atomic E-state index is 13.7. The van der Waals surface area contributed by atoms with Crippen LogP contribution < -0.4 is 5.32 Å². The summed E-state index contributed by atoms with van der Waals surface area (Å²) in [5.41, 5.74) is 3.23. The zero-order valence-corrected chi connectivity index (χ0v) is 17.8. The van der Waals surface area contributed by atoms with E-state index in [-0.39, 0.29) is 18.0 Å². The molecule has 3 aromatic heterocycles. The SMILES string of the molecule is Cc1ccc(N[C@@H]2C[C@@H]3CC[C@@H]2N(C(=O)c2ncc(C)cc2-c2ncccn2)C3)nc1. The molecule has 0 aromatic carbocycles. The third kappa shape index (κ3) is 3.87. The summed E-state index contributed by atoms with van der Waals surface area (Å²) < 4.78 is 0. The molecule has 158 valence electrons. The minimum atomic E-state index is -0.0412. The zero-order chi connectivity index (χ0) is 21.4. The number of aromatic nitrogens is 4. The molecule has 5 heterocycles. The predicted octanol–water partition coefficient (Wildman–Crippen LogP) is 3.66. The molecule has 3 atom stereocenters. The van der Waals surface area contributed by atoms with Gasteiger partial charge >= 0.3 is 0 Å². The van der Waals surface area contributed by atoms with Crippen molar-refractivity contribution in [3.63, 3.8) is 0 Å². The van der Waals surface area contributed by atoms with E-state index in [1.165, 1.54) is 0 Å². The van der Waals surface area contributed by atoms with Crippen molar-refractivity contribution in [2.75, 3.05) is 11.9 Å². The minimum absolute atomic E-state index is 0.0412. The van der Waals surface area contributed by atoms with Crippen LogP contribution in [0.3, 0.4) is 0 Å². The van der Waals surface area contributed by atoms with E-state index in [2.05, 4.69) is 31.3 Å². The number of rotatable bonds is 4. The minimum Gasteiger partial charge on any atom is -0.365 e. The number of hydrogen-bond acceptors (Lipinski definition) is 6. The van der Waals surface area contributed by atoms with Gasteiger partial charge in [-0.3, -0.25) is 9.78 Å². The van der Waals surface area contributed by atoms with Crippen molar-refractivity contribution in [2.45, 2.75) is 45.2 Å². The number of amides is 1. The third-order valence-electron chi connectivity index (χ3n) is 6.32. The van der Waals surface area contributed by atoms with Crippen LogP contribution in [0.15, 0.2) is 49.1 Å². The van der Waals surface area contributed by atoms with Gasteiger partial charge in [0.15, 0.2) is 5.82 Å². The first-order chi connectivity index (χ1) is 15.1. The number of nitrogens with zero attached hydrogens (tertiary/aromatic N) is 5. The molecule has 0 radical (unpaired) electrons. The van der Waals surface area contributed by atoms with Gasteiger partial charge in [-0.25, -0.2) is 15.0 Å². The average molecular weight is 415 g/mol. The van der Waals surface area contributed by atoms with Crippen molar-refractivity contribution in [1.29, 1.82) is 0 Å². The number of fused-ring (bicyclic) bond motifs is 3. The molecule has 7 heteroatoms. The largest absolute Gasteiger partial charge is 0.365 e. The van der Waals surface area contributed by atoms with Gasteiger partial charge in [-0.2, -0.15) is 0 Å². The molecule has 3 aliphatic rings. The molecule has 3 fully saturated rings. The quantitative estimate of drug-likeness (QED) is 0.701. The molecule has 7 nitrogen and oxygen atoms in total. The Balaban J connectivity index is 1.44. The lowest BCUT2D eigenvalue weighted by Crippen LogP contribution is -2.60. The van der Waals surface area contributed by atoms with E-state index in [0.717, 1.165) is 42.8 Å². The maximum absolute atomic E-state index is 13.7. The summed E-state index contributed by atoms with van der Waals surface area (Å²) in [5.74, 6) is 1.84. The topological polar surface area (TPSA) is 83.9 Å². The van der Waals surface area contributed by atoms with Gasteiger partial charge in [0.2, 0.25) is 0 Å². The first-order valence-electron chi connectivity index (χ1n) is 10.8. The van der Waals surface area contributed by atoms with Crippen molar-refractivity contribution in [1.82, 2.24) is 24.8 Å². The summed E-state index contributed by atoms with van der Waals surface area (Å²) >= 11 is 0. The van der Waals surface area contributed by atoms with E-state index in [9.17, 15) is 4.79 Å². The predicted molar refractivity (Wildman–Crippen MR) is 119 cm³/mol. The van der Waals surface area contributed by atoms with E-state index in [1.54, 1.807) is 24.7 Å². The Hall–Kier alpha value is -3.35. The summed E-state index contributed by atoms with van der Waals surface area (Å²) in [5, 5.41) is 3.58. The van der Waals surface area contributed by atoms with Crippen LogP contribution in [-0.4, -0.2) is 49.4 Å². The average Bonchev–Trinajstić information content (AvgIpc) is 2.81. The van der Waals surface area contributed by atoms with Crippen LogP contribution in [0, 0.1) is 19.8 Å². The molecule has 0 unspecified atom stereocenters. The van der Waals surface area contributed by atoms with Crippen molar-refractivity contribution in [2.24, 2.45) is 5.92 Å². The second-order valence-electron chi connectivity index (χ2n) is 8.66. The zero-order valence-electron chi connectivity index (χ0n) is 17.8. The van der Waals surface area contributed by atoms with Gasteiger partial charge in [0.1, 0.15) is 11.5 Å². The fourth-order valence-electron chi connectivity index (χ4n) is 4.81. The lowest BCUT2D eigenvalue weighted by molar-refractivity contribution is 0.0277. The number of hydrogen-bond donors (Lipinski definition) is 1. The Morgan fingerprint density at radius 3 is 2.58 bits per heavy atom. The summed E-state index contributed by atoms with van der Waals surface area (Å²) in [6.45, 7) is 4.76. The van der Waals surface area contributed by atoms with Gasteiger partial charge in [-0.1, -0.05) is 6.07 Å². The molecular weight excluding hydrogens is 388 g/mol. The molecule has 1 saturated carbocycles. The van der Waals surface area contributed by atoms with Crippen molar-refractivity contribution in [3.8, 4) is 11.4 Å². The summed E-state index contributed by atoms with van der Waals surface area (Å²) in [6.07, 6.45) is 10.2. The first-order valence-corrected chi connectivity index (χ1v) is 10.8. The number of carbonyl (C=O) groups excluding carboxylic acids is 1. The second kappa shape index (κ2) is 8.06. The summed E-state index contributed by atoms with van der Waals surface area (Å²) in [4.78, 5) is 33.5. The van der Waals surface area contributed by atoms with Crippen LogP contribution in [-0.2, 0) is 0 Å². The lowest BCUT2D eigenvalue weighted by atomic mass is 9.76. The number of aryl methyl sites for hydroxylation is 2. The van der Waals surface area contributed by atoms with Gasteiger partial charge in [-0.15, -0.1) is 0 Å². The van der Waals surface area contributed by atoms with E-state index in [4.69, 9.17) is 0 Å². The van der Waals surface area contributed by atoms with E-state index < -0.39 is 0 Å². The fourth-order valence-corrected chi connectivity index (χ4v) is 4.81. The normalized spacial score (nSPS) is 22.4. The highest BCUT2D eigenvalue weighted by Gasteiger charge is 2.44. The van der Waals surface area contributed by atoms with E-state index >= 15 is 0 Å². The summed E-state index contributed by atoms with van der Waals surface area (Å²) in [6, 6.07) is 8.09. The van der Waals surface area contributed by atoms with Crippen LogP contribution in [0.2, 0.25) is 0 Å². The van der Waals surface area contributed by atoms with Gasteiger partial charge in [0.05, 0.1) is 11.6 Å². The van der Waals surface area contributed by atoms with Crippen molar-refractivity contribution in [3.05, 3.63) is 65.9 Å². The smallest absolute Gasteiger partial charge is 0.273 e. The molecule has 1 amide bonds. The highest BCUT2D eigenvalue weighted by Crippen LogP contribution is 2.38. The van der Waals surface area contributed by atoms with Crippen LogP contribution in [0.4, 0.5) is 5.82 Å². The highest BCUT2D eigenvalue weighted by molar-refractivity contribution is 5.98. The molecule has 2 saturated heterocycles. The van der Waals surface area contributed by atoms with Crippen molar-refractivity contribution < 1.29 is 4.79 Å². The second-order valence-corrected chi connectivity index (χ2v) is 8.66. The Bertz CT molecular complexity index is 1080. The summed E-state index contributed by atoms with van der Waals surface area (Å²) in [7, 11) is 0. The van der Waals surface area contributed by atoms with Crippen molar-refractivity contribution >= 4 is 11.7 Å². The molecule has 1 aliphatic carbocycles. The fraction of sp³-hybridized carbons (Fsp3) is 0.375. The maximum Gasteiger partial charge on any atom is 0.273 e. The molecule has 3 aromatic rings. The number of carbonyl (C=O) groups is 1. The van der Waals surface area contributed by atoms with Crippen LogP contribution in [0.1, 0.15) is 40.9 Å². The molecule has 31 heavy (non-hydrogen) atoms. The van der Waals surface area contributed by atoms with Crippen LogP contribution in [0.25, 0.3) is 11.4 Å². The van der Waals surface area contributed by atoms with E-state index in [0.29, 0.717) is 23.0 Å². The molecule has 0 spiro atoms. The Morgan fingerprint density at radius 1 is 1.03 bits per heavy atom. The highest BCUT2D eigenvalue weighted by atomic mass is 16.2. The number of anilines is 1. The molecule has 2 aliphatic heterocycles. The Morgan fingerprint density at radius 2 is 1.84 bits per heavy atom. The van der Waals surface area contributed by atoms with Gasteiger partial charge in [0, 0.05) is 37.4 Å². The number of pyridine rings is 2. The molecular formula is C24H26N6O. The molecule has 1 N–H and O–H groups in total.